The summed E-state index contributed by atoms with van der Waals surface area (Å²) in [6.45, 7) is 10.5. The molecule has 146 valence electrons. The minimum Gasteiger partial charge on any atom is -0.475 e. The van der Waals surface area contributed by atoms with Gasteiger partial charge in [0.05, 0.1) is 6.42 Å². The van der Waals surface area contributed by atoms with E-state index in [1.165, 1.54) is 30.1 Å². The zero-order valence-electron chi connectivity index (χ0n) is 17.0. The van der Waals surface area contributed by atoms with Crippen LogP contribution in [0.2, 0.25) is 0 Å². The van der Waals surface area contributed by atoms with Gasteiger partial charge in [0.15, 0.2) is 5.78 Å². The second-order valence-corrected chi connectivity index (χ2v) is 7.79. The summed E-state index contributed by atoms with van der Waals surface area (Å²) in [6, 6.07) is 0. The van der Waals surface area contributed by atoms with Crippen molar-refractivity contribution in [3.8, 4) is 0 Å². The monoisotopic (exact) mass is 370 g/mol. The molecular formula is C23H30O4. The van der Waals surface area contributed by atoms with E-state index in [1.54, 1.807) is 13.0 Å². The van der Waals surface area contributed by atoms with E-state index in [9.17, 15) is 14.4 Å². The predicted octanol–water partition coefficient (Wildman–Crippen LogP) is 5.13. The summed E-state index contributed by atoms with van der Waals surface area (Å²) < 4.78 is 0. The smallest absolute Gasteiger partial charge is 0.372 e. The highest BCUT2D eigenvalue weighted by atomic mass is 16.4. The van der Waals surface area contributed by atoms with Crippen LogP contribution < -0.4 is 0 Å². The molecule has 1 aliphatic carbocycles. The van der Waals surface area contributed by atoms with E-state index in [0.717, 1.165) is 12.0 Å². The number of ketones is 2. The van der Waals surface area contributed by atoms with Crippen LogP contribution in [0, 0.1) is 5.41 Å². The minimum absolute atomic E-state index is 0.210. The van der Waals surface area contributed by atoms with Crippen molar-refractivity contribution in [2.45, 2.75) is 60.3 Å². The first kappa shape index (κ1) is 22.6. The first-order chi connectivity index (χ1) is 12.5. The Balaban J connectivity index is 2.72. The lowest BCUT2D eigenvalue weighted by molar-refractivity contribution is -0.149. The van der Waals surface area contributed by atoms with Gasteiger partial charge in [0.2, 0.25) is 5.78 Å². The molecule has 0 unspecified atom stereocenters. The molecular weight excluding hydrogens is 340 g/mol. The molecule has 0 amide bonds. The predicted molar refractivity (Wildman–Crippen MR) is 108 cm³/mol. The number of aliphatic carboxylic acids is 1. The molecule has 0 saturated heterocycles. The molecule has 27 heavy (non-hydrogen) atoms. The lowest BCUT2D eigenvalue weighted by Crippen LogP contribution is -2.19. The number of Topliss-reactive ketones (excluding diaryl/α,β-unsaturated/α-hetero) is 1. The molecule has 0 aromatic carbocycles. The normalized spacial score (nSPS) is 18.4. The Morgan fingerprint density at radius 1 is 1.11 bits per heavy atom. The highest BCUT2D eigenvalue weighted by Gasteiger charge is 2.26. The average molecular weight is 370 g/mol. The number of allylic oxidation sites excluding steroid dienone is 10. The third-order valence-electron chi connectivity index (χ3n) is 4.74. The van der Waals surface area contributed by atoms with Crippen molar-refractivity contribution >= 4 is 17.5 Å². The Labute approximate surface area is 162 Å². The summed E-state index contributed by atoms with van der Waals surface area (Å²) in [6.07, 6.45) is 14.1. The lowest BCUT2D eigenvalue weighted by Gasteiger charge is -2.32. The van der Waals surface area contributed by atoms with Gasteiger partial charge in [0.1, 0.15) is 0 Å². The average Bonchev–Trinajstić information content (AvgIpc) is 2.53. The summed E-state index contributed by atoms with van der Waals surface area (Å²) in [5.74, 6) is -3.18. The van der Waals surface area contributed by atoms with Gasteiger partial charge in [-0.05, 0) is 62.7 Å². The Hall–Kier alpha value is -2.49. The number of hydrogen-bond acceptors (Lipinski definition) is 3. The SMILES string of the molecule is CC1=C(/C=C/C(C)=C/C=C/C(C)=C/C(=O)CC(=O)C(=O)O)C(C)(C)CCC1. The second-order valence-electron chi connectivity index (χ2n) is 7.79. The molecule has 4 nitrogen and oxygen atoms in total. The molecule has 1 aliphatic rings. The van der Waals surface area contributed by atoms with Crippen LogP contribution in [0.5, 0.6) is 0 Å². The van der Waals surface area contributed by atoms with E-state index < -0.39 is 24.0 Å². The van der Waals surface area contributed by atoms with E-state index in [4.69, 9.17) is 5.11 Å². The summed E-state index contributed by atoms with van der Waals surface area (Å²) >= 11 is 0. The molecule has 0 aromatic rings. The number of rotatable bonds is 8. The summed E-state index contributed by atoms with van der Waals surface area (Å²) in [7, 11) is 0. The second kappa shape index (κ2) is 10.0. The number of carbonyl (C=O) groups excluding carboxylic acids is 2. The van der Waals surface area contributed by atoms with E-state index in [-0.39, 0.29) is 5.41 Å². The molecule has 0 fully saturated rings. The van der Waals surface area contributed by atoms with E-state index in [1.807, 2.05) is 19.1 Å². The highest BCUT2D eigenvalue weighted by molar-refractivity contribution is 6.36. The van der Waals surface area contributed by atoms with Gasteiger partial charge in [-0.1, -0.05) is 55.4 Å². The van der Waals surface area contributed by atoms with Gasteiger partial charge < -0.3 is 5.11 Å². The van der Waals surface area contributed by atoms with Gasteiger partial charge in [0.25, 0.3) is 0 Å². The maximum absolute atomic E-state index is 11.6. The molecule has 0 bridgehead atoms. The zero-order chi connectivity index (χ0) is 20.6. The molecule has 1 N–H and O–H groups in total. The molecule has 0 heterocycles. The number of carbonyl (C=O) groups is 3. The number of carboxylic acid groups (broad SMARTS) is 1. The Morgan fingerprint density at radius 2 is 1.78 bits per heavy atom. The molecule has 4 heteroatoms. The van der Waals surface area contributed by atoms with Crippen LogP contribution >= 0.6 is 0 Å². The molecule has 0 aromatic heterocycles. The first-order valence-electron chi connectivity index (χ1n) is 9.23. The van der Waals surface area contributed by atoms with E-state index in [0.29, 0.717) is 5.57 Å². The van der Waals surface area contributed by atoms with E-state index in [2.05, 4.69) is 32.9 Å². The van der Waals surface area contributed by atoms with Gasteiger partial charge in [-0.15, -0.1) is 0 Å². The maximum Gasteiger partial charge on any atom is 0.372 e. The summed E-state index contributed by atoms with van der Waals surface area (Å²) in [5.41, 5.74) is 4.84. The quantitative estimate of drug-likeness (QED) is 0.278. The molecule has 0 spiro atoms. The topological polar surface area (TPSA) is 71.4 Å². The van der Waals surface area contributed by atoms with Gasteiger partial charge in [-0.3, -0.25) is 9.59 Å². The van der Waals surface area contributed by atoms with Crippen molar-refractivity contribution in [2.24, 2.45) is 5.41 Å². The standard InChI is InChI=1S/C23H30O4/c1-16(11-12-20-18(3)10-7-13-23(20,4)5)8-6-9-17(2)14-19(24)15-21(25)22(26)27/h6,8-9,11-12,14H,7,10,13,15H2,1-5H3,(H,26,27)/b9-6+,12-11+,16-8+,17-14+. The van der Waals surface area contributed by atoms with Crippen LogP contribution in [0.3, 0.4) is 0 Å². The number of hydrogen-bond donors (Lipinski definition) is 1. The van der Waals surface area contributed by atoms with Gasteiger partial charge in [-0.2, -0.15) is 0 Å². The van der Waals surface area contributed by atoms with Crippen LogP contribution in [0.15, 0.2) is 58.7 Å². The third-order valence-corrected chi connectivity index (χ3v) is 4.74. The highest BCUT2D eigenvalue weighted by Crippen LogP contribution is 2.40. The Kier molecular flexibility index (Phi) is 8.35. The fourth-order valence-corrected chi connectivity index (χ4v) is 3.22. The summed E-state index contributed by atoms with van der Waals surface area (Å²) in [5, 5.41) is 8.51. The van der Waals surface area contributed by atoms with Crippen LogP contribution in [0.25, 0.3) is 0 Å². The van der Waals surface area contributed by atoms with Gasteiger partial charge in [-0.25, -0.2) is 4.79 Å². The first-order valence-corrected chi connectivity index (χ1v) is 9.23. The fourth-order valence-electron chi connectivity index (χ4n) is 3.22. The van der Waals surface area contributed by atoms with Crippen LogP contribution in [0.1, 0.15) is 60.3 Å². The Morgan fingerprint density at radius 3 is 2.37 bits per heavy atom. The lowest BCUT2D eigenvalue weighted by atomic mass is 9.72. The van der Waals surface area contributed by atoms with Gasteiger partial charge in [0, 0.05) is 0 Å². The van der Waals surface area contributed by atoms with Crippen molar-refractivity contribution in [3.63, 3.8) is 0 Å². The van der Waals surface area contributed by atoms with Crippen molar-refractivity contribution < 1.29 is 19.5 Å². The molecule has 1 rings (SSSR count). The molecule has 0 radical (unpaired) electrons. The van der Waals surface area contributed by atoms with Crippen LogP contribution in [-0.2, 0) is 14.4 Å². The molecule has 0 saturated carbocycles. The van der Waals surface area contributed by atoms with Crippen molar-refractivity contribution in [1.29, 1.82) is 0 Å². The Bertz CT molecular complexity index is 755. The third kappa shape index (κ3) is 7.73. The van der Waals surface area contributed by atoms with Crippen molar-refractivity contribution in [2.75, 3.05) is 0 Å². The number of carboxylic acids is 1. The largest absolute Gasteiger partial charge is 0.475 e. The van der Waals surface area contributed by atoms with Crippen molar-refractivity contribution in [1.82, 2.24) is 0 Å². The zero-order valence-corrected chi connectivity index (χ0v) is 17.0. The van der Waals surface area contributed by atoms with Crippen LogP contribution in [0.4, 0.5) is 0 Å². The summed E-state index contributed by atoms with van der Waals surface area (Å²) in [4.78, 5) is 33.1. The molecule has 0 atom stereocenters. The fraction of sp³-hybridized carbons (Fsp3) is 0.435. The molecule has 0 aliphatic heterocycles. The van der Waals surface area contributed by atoms with Crippen molar-refractivity contribution in [3.05, 3.63) is 58.7 Å². The van der Waals surface area contributed by atoms with Gasteiger partial charge >= 0.3 is 5.97 Å². The van der Waals surface area contributed by atoms with E-state index >= 15 is 0 Å². The van der Waals surface area contributed by atoms with Crippen LogP contribution in [-0.4, -0.2) is 22.6 Å². The maximum atomic E-state index is 11.6. The minimum atomic E-state index is -1.58.